The Hall–Kier alpha value is -1.59. The van der Waals surface area contributed by atoms with Gasteiger partial charge in [0.25, 0.3) is 5.91 Å². The van der Waals surface area contributed by atoms with Crippen molar-refractivity contribution in [1.29, 1.82) is 0 Å². The van der Waals surface area contributed by atoms with Crippen LogP contribution in [0, 0.1) is 0 Å². The maximum atomic E-state index is 12.0. The summed E-state index contributed by atoms with van der Waals surface area (Å²) < 4.78 is 11.4. The van der Waals surface area contributed by atoms with E-state index in [1.807, 2.05) is 6.07 Å². The third-order valence-electron chi connectivity index (χ3n) is 5.10. The van der Waals surface area contributed by atoms with Crippen molar-refractivity contribution in [2.24, 2.45) is 0 Å². The van der Waals surface area contributed by atoms with Gasteiger partial charge in [-0.1, -0.05) is 12.1 Å². The molecule has 0 radical (unpaired) electrons. The van der Waals surface area contributed by atoms with Crippen molar-refractivity contribution in [2.75, 3.05) is 27.7 Å². The first kappa shape index (κ1) is 17.2. The molecule has 24 heavy (non-hydrogen) atoms. The van der Waals surface area contributed by atoms with E-state index in [1.165, 1.54) is 11.1 Å². The SMILES string of the molecule is COc1cccc2c1CCC[C@@H]2NC[C@@H]1CC[C@@H](C(=O)N(C)C)O1. The van der Waals surface area contributed by atoms with Gasteiger partial charge in [-0.3, -0.25) is 4.79 Å². The van der Waals surface area contributed by atoms with Gasteiger partial charge < -0.3 is 19.7 Å². The van der Waals surface area contributed by atoms with E-state index in [-0.39, 0.29) is 18.1 Å². The van der Waals surface area contributed by atoms with Crippen LogP contribution in [0.5, 0.6) is 5.75 Å². The number of benzene rings is 1. The number of carbonyl (C=O) groups excluding carboxylic acids is 1. The zero-order valence-corrected chi connectivity index (χ0v) is 14.9. The number of amides is 1. The van der Waals surface area contributed by atoms with Crippen LogP contribution in [0.1, 0.15) is 42.9 Å². The molecular formula is C19H28N2O3. The second-order valence-electron chi connectivity index (χ2n) is 6.94. The number of carbonyl (C=O) groups is 1. The van der Waals surface area contributed by atoms with Crippen molar-refractivity contribution in [3.05, 3.63) is 29.3 Å². The summed E-state index contributed by atoms with van der Waals surface area (Å²) in [4.78, 5) is 13.6. The lowest BCUT2D eigenvalue weighted by atomic mass is 9.87. The van der Waals surface area contributed by atoms with E-state index >= 15 is 0 Å². The molecule has 1 aromatic carbocycles. The highest BCUT2D eigenvalue weighted by Gasteiger charge is 2.32. The van der Waals surface area contributed by atoms with E-state index < -0.39 is 0 Å². The Kier molecular flexibility index (Phi) is 5.41. The lowest BCUT2D eigenvalue weighted by Gasteiger charge is -2.28. The van der Waals surface area contributed by atoms with Crippen molar-refractivity contribution in [3.63, 3.8) is 0 Å². The van der Waals surface area contributed by atoms with Crippen molar-refractivity contribution >= 4 is 5.91 Å². The molecule has 3 rings (SSSR count). The van der Waals surface area contributed by atoms with E-state index in [1.54, 1.807) is 26.1 Å². The molecule has 0 aromatic heterocycles. The highest BCUT2D eigenvalue weighted by molar-refractivity contribution is 5.80. The molecule has 0 saturated carbocycles. The number of rotatable bonds is 5. The molecule has 132 valence electrons. The van der Waals surface area contributed by atoms with Crippen LogP contribution in [0.2, 0.25) is 0 Å². The number of hydrogen-bond acceptors (Lipinski definition) is 4. The van der Waals surface area contributed by atoms with Crippen LogP contribution in [-0.2, 0) is 16.0 Å². The molecule has 0 bridgehead atoms. The van der Waals surface area contributed by atoms with E-state index in [9.17, 15) is 4.79 Å². The van der Waals surface area contributed by atoms with Crippen LogP contribution < -0.4 is 10.1 Å². The summed E-state index contributed by atoms with van der Waals surface area (Å²) in [5.41, 5.74) is 2.68. The summed E-state index contributed by atoms with van der Waals surface area (Å²) in [6.45, 7) is 0.790. The summed E-state index contributed by atoms with van der Waals surface area (Å²) in [5.74, 6) is 1.07. The Bertz CT molecular complexity index is 588. The van der Waals surface area contributed by atoms with E-state index in [0.29, 0.717) is 6.04 Å². The quantitative estimate of drug-likeness (QED) is 0.899. The minimum atomic E-state index is -0.273. The highest BCUT2D eigenvalue weighted by Crippen LogP contribution is 2.35. The van der Waals surface area contributed by atoms with Crippen LogP contribution in [0.25, 0.3) is 0 Å². The standard InChI is InChI=1S/C19H28N2O3/c1-21(2)19(22)18-11-10-13(24-18)12-20-16-8-4-7-15-14(16)6-5-9-17(15)23-3/h5-6,9,13,16,18,20H,4,7-8,10-12H2,1-3H3/t13-,16-,18-/m0/s1. The predicted molar refractivity (Wildman–Crippen MR) is 93.3 cm³/mol. The average Bonchev–Trinajstić information content (AvgIpc) is 3.07. The second kappa shape index (κ2) is 7.53. The zero-order valence-electron chi connectivity index (χ0n) is 14.9. The van der Waals surface area contributed by atoms with E-state index in [4.69, 9.17) is 9.47 Å². The Morgan fingerprint density at radius 1 is 1.33 bits per heavy atom. The van der Waals surface area contributed by atoms with Crippen LogP contribution in [-0.4, -0.2) is 50.8 Å². The van der Waals surface area contributed by atoms with Gasteiger partial charge in [0, 0.05) is 26.7 Å². The maximum Gasteiger partial charge on any atom is 0.251 e. The number of nitrogens with one attached hydrogen (secondary N) is 1. The van der Waals surface area contributed by atoms with Gasteiger partial charge in [-0.25, -0.2) is 0 Å². The van der Waals surface area contributed by atoms with Gasteiger partial charge in [0.05, 0.1) is 13.2 Å². The Morgan fingerprint density at radius 2 is 2.17 bits per heavy atom. The molecular weight excluding hydrogens is 304 g/mol. The summed E-state index contributed by atoms with van der Waals surface area (Å²) >= 11 is 0. The van der Waals surface area contributed by atoms with Gasteiger partial charge in [-0.15, -0.1) is 0 Å². The van der Waals surface area contributed by atoms with Crippen LogP contribution in [0.4, 0.5) is 0 Å². The monoisotopic (exact) mass is 332 g/mol. The molecule has 1 amide bonds. The van der Waals surface area contributed by atoms with Gasteiger partial charge in [-0.05, 0) is 49.3 Å². The molecule has 1 aromatic rings. The third kappa shape index (κ3) is 3.57. The maximum absolute atomic E-state index is 12.0. The third-order valence-corrected chi connectivity index (χ3v) is 5.10. The fraction of sp³-hybridized carbons (Fsp3) is 0.632. The van der Waals surface area contributed by atoms with Crippen molar-refractivity contribution < 1.29 is 14.3 Å². The number of hydrogen-bond donors (Lipinski definition) is 1. The van der Waals surface area contributed by atoms with Gasteiger partial charge in [-0.2, -0.15) is 0 Å². The summed E-state index contributed by atoms with van der Waals surface area (Å²) in [6, 6.07) is 6.65. The molecule has 1 aliphatic carbocycles. The fourth-order valence-corrected chi connectivity index (χ4v) is 3.82. The van der Waals surface area contributed by atoms with Gasteiger partial charge in [0.15, 0.2) is 0 Å². The van der Waals surface area contributed by atoms with Gasteiger partial charge >= 0.3 is 0 Å². The number of fused-ring (bicyclic) bond motifs is 1. The molecule has 1 saturated heterocycles. The predicted octanol–water partition coefficient (Wildman–Crippen LogP) is 2.30. The number of nitrogens with zero attached hydrogens (tertiary/aromatic N) is 1. The van der Waals surface area contributed by atoms with E-state index in [0.717, 1.165) is 44.4 Å². The topological polar surface area (TPSA) is 50.8 Å². The highest BCUT2D eigenvalue weighted by atomic mass is 16.5. The molecule has 0 spiro atoms. The molecule has 2 aliphatic rings. The first-order chi connectivity index (χ1) is 11.6. The molecule has 5 heteroatoms. The van der Waals surface area contributed by atoms with Crippen LogP contribution in [0.3, 0.4) is 0 Å². The first-order valence-corrected chi connectivity index (χ1v) is 8.86. The number of ether oxygens (including phenoxy) is 2. The molecule has 3 atom stereocenters. The van der Waals surface area contributed by atoms with Gasteiger partial charge in [0.1, 0.15) is 11.9 Å². The van der Waals surface area contributed by atoms with Gasteiger partial charge in [0.2, 0.25) is 0 Å². The van der Waals surface area contributed by atoms with Crippen LogP contribution in [0.15, 0.2) is 18.2 Å². The van der Waals surface area contributed by atoms with E-state index in [2.05, 4.69) is 17.4 Å². The lowest BCUT2D eigenvalue weighted by molar-refractivity contribution is -0.140. The molecule has 1 aliphatic heterocycles. The smallest absolute Gasteiger partial charge is 0.251 e. The summed E-state index contributed by atoms with van der Waals surface area (Å²) in [7, 11) is 5.30. The normalized spacial score (nSPS) is 26.0. The fourth-order valence-electron chi connectivity index (χ4n) is 3.82. The first-order valence-electron chi connectivity index (χ1n) is 8.86. The lowest BCUT2D eigenvalue weighted by Crippen LogP contribution is -2.36. The summed E-state index contributed by atoms with van der Waals surface area (Å²) in [5, 5.41) is 3.65. The Morgan fingerprint density at radius 3 is 2.92 bits per heavy atom. The van der Waals surface area contributed by atoms with Crippen molar-refractivity contribution in [1.82, 2.24) is 10.2 Å². The largest absolute Gasteiger partial charge is 0.496 e. The molecule has 1 heterocycles. The Labute approximate surface area is 144 Å². The average molecular weight is 332 g/mol. The molecule has 0 unspecified atom stereocenters. The minimum Gasteiger partial charge on any atom is -0.496 e. The second-order valence-corrected chi connectivity index (χ2v) is 6.94. The Balaban J connectivity index is 1.58. The van der Waals surface area contributed by atoms with Crippen molar-refractivity contribution in [2.45, 2.75) is 50.4 Å². The molecule has 5 nitrogen and oxygen atoms in total. The summed E-state index contributed by atoms with van der Waals surface area (Å²) in [6.07, 6.45) is 4.98. The van der Waals surface area contributed by atoms with Crippen LogP contribution >= 0.6 is 0 Å². The minimum absolute atomic E-state index is 0.0743. The number of likely N-dealkylation sites (N-methyl/N-ethyl adjacent to an activating group) is 1. The van der Waals surface area contributed by atoms with Crippen molar-refractivity contribution in [3.8, 4) is 5.75 Å². The zero-order chi connectivity index (χ0) is 17.1. The molecule has 1 N–H and O–H groups in total. The molecule has 1 fully saturated rings. The number of methoxy groups -OCH3 is 1.